The molecule has 0 bridgehead atoms. The molecule has 1 aliphatic heterocycles. The van der Waals surface area contributed by atoms with Crippen LogP contribution in [0.4, 0.5) is 5.69 Å². The highest BCUT2D eigenvalue weighted by molar-refractivity contribution is 6.40. The average molecular weight is 345 g/mol. The first-order valence-corrected chi connectivity index (χ1v) is 8.98. The lowest BCUT2D eigenvalue weighted by Crippen LogP contribution is -2.67. The Labute approximate surface area is 151 Å². The van der Waals surface area contributed by atoms with E-state index in [4.69, 9.17) is 5.73 Å². The number of amides is 2. The number of carbonyl (C=O) groups excluding carboxylic acids is 2. The van der Waals surface area contributed by atoms with Crippen molar-refractivity contribution in [3.8, 4) is 0 Å². The summed E-state index contributed by atoms with van der Waals surface area (Å²) in [7, 11) is 0. The molecule has 5 heteroatoms. The average Bonchev–Trinajstić information content (AvgIpc) is 2.44. The van der Waals surface area contributed by atoms with Crippen molar-refractivity contribution in [2.75, 3.05) is 11.4 Å². The van der Waals surface area contributed by atoms with Gasteiger partial charge in [-0.3, -0.25) is 9.59 Å². The first-order chi connectivity index (χ1) is 11.5. The van der Waals surface area contributed by atoms with Crippen LogP contribution in [0.2, 0.25) is 0 Å². The number of likely N-dealkylation sites (tertiary alicyclic amines) is 1. The van der Waals surface area contributed by atoms with Crippen molar-refractivity contribution in [1.29, 1.82) is 0 Å². The maximum absolute atomic E-state index is 13.2. The molecular formula is C20H31N3O2. The van der Waals surface area contributed by atoms with Crippen LogP contribution in [0.5, 0.6) is 0 Å². The second-order valence-corrected chi connectivity index (χ2v) is 8.32. The molecule has 2 rings (SSSR count). The molecule has 1 aromatic carbocycles. The quantitative estimate of drug-likeness (QED) is 0.838. The van der Waals surface area contributed by atoms with Gasteiger partial charge in [-0.25, -0.2) is 0 Å². The van der Waals surface area contributed by atoms with E-state index in [0.717, 1.165) is 11.3 Å². The zero-order valence-electron chi connectivity index (χ0n) is 16.3. The second-order valence-electron chi connectivity index (χ2n) is 8.32. The van der Waals surface area contributed by atoms with Crippen LogP contribution in [-0.4, -0.2) is 40.4 Å². The summed E-state index contributed by atoms with van der Waals surface area (Å²) < 4.78 is 0. The Morgan fingerprint density at radius 1 is 1.20 bits per heavy atom. The van der Waals surface area contributed by atoms with Gasteiger partial charge in [-0.2, -0.15) is 0 Å². The van der Waals surface area contributed by atoms with Crippen LogP contribution in [0.15, 0.2) is 24.3 Å². The van der Waals surface area contributed by atoms with E-state index in [9.17, 15) is 9.59 Å². The van der Waals surface area contributed by atoms with Crippen LogP contribution in [0, 0.1) is 6.92 Å². The maximum Gasteiger partial charge on any atom is 0.316 e. The summed E-state index contributed by atoms with van der Waals surface area (Å²) in [5.41, 5.74) is 7.08. The van der Waals surface area contributed by atoms with E-state index in [2.05, 4.69) is 0 Å². The lowest BCUT2D eigenvalue weighted by molar-refractivity contribution is -0.157. The molecule has 2 N–H and O–H groups in total. The van der Waals surface area contributed by atoms with E-state index < -0.39 is 22.9 Å². The third-order valence-corrected chi connectivity index (χ3v) is 4.99. The Balaban J connectivity index is 2.35. The Hall–Kier alpha value is -1.88. The molecule has 1 aliphatic rings. The monoisotopic (exact) mass is 345 g/mol. The number of anilines is 1. The first kappa shape index (κ1) is 19.4. The lowest BCUT2D eigenvalue weighted by atomic mass is 9.77. The van der Waals surface area contributed by atoms with Gasteiger partial charge in [0.05, 0.1) is 0 Å². The SMILES string of the molecule is CCN(C(=O)C(=O)N1C(C)(C)CC(N)CC1(C)C)c1cccc(C)c1. The summed E-state index contributed by atoms with van der Waals surface area (Å²) in [5.74, 6) is -0.935. The number of rotatable bonds is 2. The van der Waals surface area contributed by atoms with Gasteiger partial charge < -0.3 is 15.5 Å². The topological polar surface area (TPSA) is 66.6 Å². The molecule has 0 atom stereocenters. The van der Waals surface area contributed by atoms with E-state index in [1.54, 1.807) is 9.80 Å². The normalized spacial score (nSPS) is 19.6. The Morgan fingerprint density at radius 3 is 2.24 bits per heavy atom. The summed E-state index contributed by atoms with van der Waals surface area (Å²) in [4.78, 5) is 29.5. The van der Waals surface area contributed by atoms with Crippen molar-refractivity contribution in [1.82, 2.24) is 4.90 Å². The van der Waals surface area contributed by atoms with Crippen LogP contribution >= 0.6 is 0 Å². The number of nitrogens with zero attached hydrogens (tertiary/aromatic N) is 2. The maximum atomic E-state index is 13.2. The zero-order valence-corrected chi connectivity index (χ0v) is 16.3. The predicted molar refractivity (Wildman–Crippen MR) is 101 cm³/mol. The summed E-state index contributed by atoms with van der Waals surface area (Å²) in [5, 5.41) is 0. The van der Waals surface area contributed by atoms with Crippen molar-refractivity contribution < 1.29 is 9.59 Å². The van der Waals surface area contributed by atoms with Crippen LogP contribution < -0.4 is 10.6 Å². The molecule has 0 aliphatic carbocycles. The molecule has 1 saturated heterocycles. The molecule has 0 spiro atoms. The van der Waals surface area contributed by atoms with Gasteiger partial charge in [-0.05, 0) is 72.1 Å². The number of carbonyl (C=O) groups is 2. The van der Waals surface area contributed by atoms with Gasteiger partial charge in [0.2, 0.25) is 0 Å². The van der Waals surface area contributed by atoms with Crippen molar-refractivity contribution in [3.05, 3.63) is 29.8 Å². The lowest BCUT2D eigenvalue weighted by Gasteiger charge is -2.54. The highest BCUT2D eigenvalue weighted by Gasteiger charge is 2.49. The van der Waals surface area contributed by atoms with Crippen LogP contribution in [0.1, 0.15) is 53.0 Å². The number of hydrogen-bond donors (Lipinski definition) is 1. The van der Waals surface area contributed by atoms with Crippen LogP contribution in [0.25, 0.3) is 0 Å². The number of nitrogens with two attached hydrogens (primary N) is 1. The second kappa shape index (κ2) is 6.79. The van der Waals surface area contributed by atoms with E-state index in [-0.39, 0.29) is 6.04 Å². The molecule has 138 valence electrons. The van der Waals surface area contributed by atoms with E-state index in [1.165, 1.54) is 0 Å². The molecule has 1 fully saturated rings. The zero-order chi connectivity index (χ0) is 19.0. The summed E-state index contributed by atoms with van der Waals surface area (Å²) >= 11 is 0. The fraction of sp³-hybridized carbons (Fsp3) is 0.600. The predicted octanol–water partition coefficient (Wildman–Crippen LogP) is 2.85. The third kappa shape index (κ3) is 3.87. The number of piperidine rings is 1. The van der Waals surface area contributed by atoms with Gasteiger partial charge >= 0.3 is 11.8 Å². The molecule has 25 heavy (non-hydrogen) atoms. The summed E-state index contributed by atoms with van der Waals surface area (Å²) in [6.07, 6.45) is 1.37. The van der Waals surface area contributed by atoms with E-state index >= 15 is 0 Å². The highest BCUT2D eigenvalue weighted by atomic mass is 16.2. The van der Waals surface area contributed by atoms with Crippen LogP contribution in [0.3, 0.4) is 0 Å². The Bertz CT molecular complexity index is 649. The molecule has 0 unspecified atom stereocenters. The standard InChI is InChI=1S/C20H31N3O2/c1-7-22(16-10-8-9-14(2)11-16)17(24)18(25)23-19(3,4)12-15(21)13-20(23,5)6/h8-11,15H,7,12-13,21H2,1-6H3. The van der Waals surface area contributed by atoms with Crippen molar-refractivity contribution in [3.63, 3.8) is 0 Å². The Kier molecular flexibility index (Phi) is 5.28. The van der Waals surface area contributed by atoms with Gasteiger partial charge in [0.15, 0.2) is 0 Å². The largest absolute Gasteiger partial charge is 0.328 e. The third-order valence-electron chi connectivity index (χ3n) is 4.99. The fourth-order valence-electron chi connectivity index (χ4n) is 4.36. The van der Waals surface area contributed by atoms with Gasteiger partial charge in [0, 0.05) is 29.4 Å². The van der Waals surface area contributed by atoms with E-state index in [1.807, 2.05) is 65.8 Å². The van der Waals surface area contributed by atoms with Gasteiger partial charge in [0.25, 0.3) is 0 Å². The van der Waals surface area contributed by atoms with E-state index in [0.29, 0.717) is 19.4 Å². The minimum Gasteiger partial charge on any atom is -0.328 e. The number of benzene rings is 1. The van der Waals surface area contributed by atoms with Gasteiger partial charge in [0.1, 0.15) is 0 Å². The van der Waals surface area contributed by atoms with Crippen molar-refractivity contribution >= 4 is 17.5 Å². The Morgan fingerprint density at radius 2 is 1.76 bits per heavy atom. The number of aryl methyl sites for hydroxylation is 1. The van der Waals surface area contributed by atoms with Crippen molar-refractivity contribution in [2.45, 2.75) is 71.5 Å². The fourth-order valence-corrected chi connectivity index (χ4v) is 4.36. The molecule has 1 heterocycles. The molecule has 1 aromatic rings. The minimum atomic E-state index is -0.482. The molecular weight excluding hydrogens is 314 g/mol. The number of hydrogen-bond acceptors (Lipinski definition) is 3. The van der Waals surface area contributed by atoms with Gasteiger partial charge in [-0.15, -0.1) is 0 Å². The minimum absolute atomic E-state index is 0.0307. The molecule has 5 nitrogen and oxygen atoms in total. The summed E-state index contributed by atoms with van der Waals surface area (Å²) in [6, 6.07) is 7.70. The highest BCUT2D eigenvalue weighted by Crippen LogP contribution is 2.38. The van der Waals surface area contributed by atoms with Crippen molar-refractivity contribution in [2.24, 2.45) is 5.73 Å². The first-order valence-electron chi connectivity index (χ1n) is 8.98. The van der Waals surface area contributed by atoms with Gasteiger partial charge in [-0.1, -0.05) is 12.1 Å². The number of likely N-dealkylation sites (N-methyl/N-ethyl adjacent to an activating group) is 1. The molecule has 2 amide bonds. The molecule has 0 radical (unpaired) electrons. The smallest absolute Gasteiger partial charge is 0.316 e. The molecule has 0 aromatic heterocycles. The molecule has 0 saturated carbocycles. The summed E-state index contributed by atoms with van der Waals surface area (Å²) in [6.45, 7) is 12.3. The van der Waals surface area contributed by atoms with Crippen LogP contribution in [-0.2, 0) is 9.59 Å².